The van der Waals surface area contributed by atoms with Crippen molar-refractivity contribution >= 4 is 46.1 Å². The molecule has 0 unspecified atom stereocenters. The lowest BCUT2D eigenvalue weighted by Gasteiger charge is -2.26. The molecule has 5 N–H and O–H groups in total. The van der Waals surface area contributed by atoms with Crippen LogP contribution in [0.2, 0.25) is 0 Å². The van der Waals surface area contributed by atoms with Gasteiger partial charge in [0.25, 0.3) is 11.6 Å². The molecule has 4 aromatic rings. The van der Waals surface area contributed by atoms with E-state index in [1.165, 1.54) is 18.2 Å². The predicted octanol–water partition coefficient (Wildman–Crippen LogP) is 2.90. The summed E-state index contributed by atoms with van der Waals surface area (Å²) in [5.41, 5.74) is 7.12. The van der Waals surface area contributed by atoms with E-state index in [4.69, 9.17) is 15.2 Å². The number of primary amides is 1. The van der Waals surface area contributed by atoms with Crippen LogP contribution in [0.3, 0.4) is 0 Å². The van der Waals surface area contributed by atoms with Crippen LogP contribution in [-0.4, -0.2) is 98.0 Å². The minimum absolute atomic E-state index is 0.0429. The zero-order valence-corrected chi connectivity index (χ0v) is 27.0. The van der Waals surface area contributed by atoms with Gasteiger partial charge >= 0.3 is 5.97 Å². The molecule has 1 aliphatic rings. The Kier molecular flexibility index (Phi) is 10.8. The number of carboxylic acids is 1. The number of benzene rings is 2. The molecular weight excluding hydrogens is 638 g/mol. The van der Waals surface area contributed by atoms with E-state index in [1.54, 1.807) is 40.5 Å². The average molecular weight is 676 g/mol. The largest absolute Gasteiger partial charge is 0.490 e. The van der Waals surface area contributed by atoms with Gasteiger partial charge in [-0.25, -0.2) is 9.78 Å². The van der Waals surface area contributed by atoms with Crippen LogP contribution in [0, 0.1) is 17.0 Å². The number of aromatic nitrogens is 4. The quantitative estimate of drug-likeness (QED) is 0.0811. The van der Waals surface area contributed by atoms with Gasteiger partial charge in [0, 0.05) is 50.9 Å². The summed E-state index contributed by atoms with van der Waals surface area (Å²) >= 11 is 0. The number of nitrogens with one attached hydrogen (secondary N) is 2. The van der Waals surface area contributed by atoms with E-state index >= 15 is 0 Å². The Labute approximate surface area is 280 Å². The van der Waals surface area contributed by atoms with Crippen molar-refractivity contribution in [1.29, 1.82) is 0 Å². The Morgan fingerprint density at radius 3 is 2.61 bits per heavy atom. The van der Waals surface area contributed by atoms with E-state index in [-0.39, 0.29) is 53.9 Å². The molecule has 5 rings (SSSR count). The fourth-order valence-corrected chi connectivity index (χ4v) is 5.39. The van der Waals surface area contributed by atoms with Crippen LogP contribution in [0.1, 0.15) is 43.8 Å². The number of nitrogens with two attached hydrogens (primary N) is 1. The van der Waals surface area contributed by atoms with Crippen LogP contribution in [0.5, 0.6) is 5.75 Å². The highest BCUT2D eigenvalue weighted by Gasteiger charge is 2.23. The van der Waals surface area contributed by atoms with Gasteiger partial charge in [-0.3, -0.25) is 34.6 Å². The lowest BCUT2D eigenvalue weighted by atomic mass is 10.1. The number of rotatable bonds is 15. The lowest BCUT2D eigenvalue weighted by molar-refractivity contribution is -0.384. The first-order valence-electron chi connectivity index (χ1n) is 15.6. The van der Waals surface area contributed by atoms with Crippen molar-refractivity contribution < 1.29 is 33.9 Å². The van der Waals surface area contributed by atoms with Crippen molar-refractivity contribution in [2.75, 3.05) is 56.6 Å². The third kappa shape index (κ3) is 8.20. The highest BCUT2D eigenvalue weighted by molar-refractivity contribution is 6.03. The van der Waals surface area contributed by atoms with Crippen molar-refractivity contribution in [3.8, 4) is 5.75 Å². The monoisotopic (exact) mass is 675 g/mol. The molecule has 0 spiro atoms. The zero-order valence-electron chi connectivity index (χ0n) is 27.0. The number of hydrogen-bond donors (Lipinski definition) is 4. The molecule has 2 aromatic carbocycles. The van der Waals surface area contributed by atoms with E-state index < -0.39 is 22.7 Å². The molecule has 1 saturated heterocycles. The van der Waals surface area contributed by atoms with Crippen LogP contribution >= 0.6 is 0 Å². The number of amides is 2. The van der Waals surface area contributed by atoms with Crippen LogP contribution in [0.25, 0.3) is 11.0 Å². The summed E-state index contributed by atoms with van der Waals surface area (Å²) in [4.78, 5) is 54.8. The maximum Gasteiger partial charge on any atom is 0.335 e. The molecule has 1 aliphatic heterocycles. The van der Waals surface area contributed by atoms with E-state index in [9.17, 15) is 29.6 Å². The summed E-state index contributed by atoms with van der Waals surface area (Å²) in [6.07, 6.45) is 3.49. The second-order valence-electron chi connectivity index (χ2n) is 11.1. The van der Waals surface area contributed by atoms with E-state index in [0.717, 1.165) is 19.2 Å². The Bertz CT molecular complexity index is 1910. The zero-order chi connectivity index (χ0) is 35.1. The standard InChI is InChI=1S/C32H37N9O8/c1-3-40-26(16-20(2)37-40)30(43)36-32-35-23-17-21(31(44)45)6-7-24(23)39(32)9-5-4-8-34-28-25(41(46)47)18-22(29(33)42)19-27(28)49-15-12-38-10-13-48-14-11-38/h4-7,16-19,34H,3,8-15H2,1-2H3,(H2,33,42)(H,44,45)(H,35,36,43). The summed E-state index contributed by atoms with van der Waals surface area (Å²) < 4.78 is 14.6. The van der Waals surface area contributed by atoms with Gasteiger partial charge < -0.3 is 30.2 Å². The number of fused-ring (bicyclic) bond motifs is 1. The number of aromatic carboxylic acids is 1. The molecule has 0 radical (unpaired) electrons. The van der Waals surface area contributed by atoms with E-state index in [1.807, 2.05) is 6.92 Å². The van der Waals surface area contributed by atoms with Gasteiger partial charge in [0.05, 0.1) is 40.4 Å². The number of nitro groups is 1. The van der Waals surface area contributed by atoms with Crippen molar-refractivity contribution in [3.05, 3.63) is 81.2 Å². The fraction of sp³-hybridized carbons (Fsp3) is 0.344. The van der Waals surface area contributed by atoms with Crippen molar-refractivity contribution in [3.63, 3.8) is 0 Å². The number of anilines is 2. The molecule has 2 aromatic heterocycles. The summed E-state index contributed by atoms with van der Waals surface area (Å²) in [5.74, 6) is -2.07. The highest BCUT2D eigenvalue weighted by atomic mass is 16.6. The molecular formula is C32H37N9O8. The number of nitrogens with zero attached hydrogens (tertiary/aromatic N) is 6. The molecule has 0 bridgehead atoms. The number of carbonyl (C=O) groups is 3. The molecule has 1 fully saturated rings. The number of carboxylic acid groups (broad SMARTS) is 1. The molecule has 49 heavy (non-hydrogen) atoms. The van der Waals surface area contributed by atoms with Gasteiger partial charge in [-0.2, -0.15) is 5.10 Å². The number of hydrogen-bond acceptors (Lipinski definition) is 11. The summed E-state index contributed by atoms with van der Waals surface area (Å²) in [7, 11) is 0. The van der Waals surface area contributed by atoms with E-state index in [0.29, 0.717) is 48.7 Å². The molecule has 258 valence electrons. The fourth-order valence-electron chi connectivity index (χ4n) is 5.39. The first kappa shape index (κ1) is 34.5. The Balaban J connectivity index is 1.36. The molecule has 2 amide bonds. The number of nitro benzene ring substituents is 1. The number of carbonyl (C=O) groups excluding carboxylic acids is 2. The molecule has 0 saturated carbocycles. The average Bonchev–Trinajstić information content (AvgIpc) is 3.63. The normalized spacial score (nSPS) is 13.5. The molecule has 17 nitrogen and oxygen atoms in total. The molecule has 0 aliphatic carbocycles. The van der Waals surface area contributed by atoms with Crippen molar-refractivity contribution in [1.82, 2.24) is 24.2 Å². The lowest BCUT2D eigenvalue weighted by Crippen LogP contribution is -2.38. The van der Waals surface area contributed by atoms with E-state index in [2.05, 4.69) is 25.6 Å². The van der Waals surface area contributed by atoms with Crippen LogP contribution < -0.4 is 21.1 Å². The van der Waals surface area contributed by atoms with Gasteiger partial charge in [-0.1, -0.05) is 12.2 Å². The SMILES string of the molecule is CCn1nc(C)cc1C(=O)Nc1nc2cc(C(=O)O)ccc2n1CC=CCNc1c(OCCN2CCOCC2)cc(C(N)=O)cc1[N+](=O)[O-]. The van der Waals surface area contributed by atoms with Gasteiger partial charge in [0.15, 0.2) is 5.69 Å². The van der Waals surface area contributed by atoms with Crippen LogP contribution in [-0.2, 0) is 17.8 Å². The van der Waals surface area contributed by atoms with Gasteiger partial charge in [0.1, 0.15) is 18.1 Å². The number of imidazole rings is 1. The van der Waals surface area contributed by atoms with Gasteiger partial charge in [0.2, 0.25) is 11.9 Å². The Morgan fingerprint density at radius 2 is 1.92 bits per heavy atom. The summed E-state index contributed by atoms with van der Waals surface area (Å²) in [5, 5.41) is 31.7. The minimum atomic E-state index is -1.11. The van der Waals surface area contributed by atoms with Crippen LogP contribution in [0.15, 0.2) is 48.6 Å². The topological polar surface area (TPSA) is 222 Å². The maximum absolute atomic E-state index is 13.2. The minimum Gasteiger partial charge on any atom is -0.490 e. The third-order valence-corrected chi connectivity index (χ3v) is 7.84. The summed E-state index contributed by atoms with van der Waals surface area (Å²) in [6, 6.07) is 8.63. The summed E-state index contributed by atoms with van der Waals surface area (Å²) in [6.45, 7) is 7.94. The Hall–Kier alpha value is -5.81. The molecule has 3 heterocycles. The Morgan fingerprint density at radius 1 is 1.14 bits per heavy atom. The van der Waals surface area contributed by atoms with Gasteiger partial charge in [-0.05, 0) is 44.2 Å². The third-order valence-electron chi connectivity index (χ3n) is 7.84. The predicted molar refractivity (Wildman–Crippen MR) is 179 cm³/mol. The molecule has 17 heteroatoms. The van der Waals surface area contributed by atoms with Crippen molar-refractivity contribution in [2.45, 2.75) is 26.9 Å². The number of aryl methyl sites for hydroxylation is 2. The van der Waals surface area contributed by atoms with Gasteiger partial charge in [-0.15, -0.1) is 0 Å². The smallest absolute Gasteiger partial charge is 0.335 e. The highest BCUT2D eigenvalue weighted by Crippen LogP contribution is 2.36. The molecule has 0 atom stereocenters. The number of allylic oxidation sites excluding steroid dienone is 1. The maximum atomic E-state index is 13.2. The van der Waals surface area contributed by atoms with Crippen molar-refractivity contribution in [2.24, 2.45) is 5.73 Å². The first-order chi connectivity index (χ1) is 23.5. The second kappa shape index (κ2) is 15.4. The first-order valence-corrected chi connectivity index (χ1v) is 15.6. The number of ether oxygens (including phenoxy) is 2. The van der Waals surface area contributed by atoms with Crippen LogP contribution in [0.4, 0.5) is 17.3 Å². The second-order valence-corrected chi connectivity index (χ2v) is 11.1. The number of morpholine rings is 1.